The lowest BCUT2D eigenvalue weighted by atomic mass is 9.97. The van der Waals surface area contributed by atoms with E-state index < -0.39 is 11.6 Å². The molecule has 0 N–H and O–H groups in total. The lowest BCUT2D eigenvalue weighted by Gasteiger charge is -2.34. The SMILES string of the molecule is CCC(C)c1c(F)cc(N2CCN(C)CC2)cc1F. The summed E-state index contributed by atoms with van der Waals surface area (Å²) in [5.41, 5.74) is 0.885. The minimum absolute atomic E-state index is 0.0819. The van der Waals surface area contributed by atoms with E-state index in [9.17, 15) is 8.78 Å². The predicted molar refractivity (Wildman–Crippen MR) is 74.8 cm³/mol. The van der Waals surface area contributed by atoms with E-state index in [1.807, 2.05) is 18.7 Å². The number of rotatable bonds is 3. The topological polar surface area (TPSA) is 6.48 Å². The molecule has 1 heterocycles. The summed E-state index contributed by atoms with van der Waals surface area (Å²) >= 11 is 0. The number of piperazine rings is 1. The van der Waals surface area contributed by atoms with Gasteiger partial charge in [-0.05, 0) is 31.5 Å². The van der Waals surface area contributed by atoms with Crippen molar-refractivity contribution in [2.45, 2.75) is 26.2 Å². The molecule has 1 unspecified atom stereocenters. The van der Waals surface area contributed by atoms with Gasteiger partial charge in [-0.25, -0.2) is 8.78 Å². The first-order chi connectivity index (χ1) is 9.02. The van der Waals surface area contributed by atoms with Crippen LogP contribution in [0.5, 0.6) is 0 Å². The number of nitrogens with zero attached hydrogens (tertiary/aromatic N) is 2. The van der Waals surface area contributed by atoms with Crippen molar-refractivity contribution in [2.75, 3.05) is 38.1 Å². The van der Waals surface area contributed by atoms with E-state index >= 15 is 0 Å². The summed E-state index contributed by atoms with van der Waals surface area (Å²) in [4.78, 5) is 4.27. The van der Waals surface area contributed by atoms with E-state index in [1.165, 1.54) is 12.1 Å². The van der Waals surface area contributed by atoms with Crippen LogP contribution in [0, 0.1) is 11.6 Å². The third kappa shape index (κ3) is 3.06. The Hall–Kier alpha value is -1.16. The quantitative estimate of drug-likeness (QED) is 0.830. The highest BCUT2D eigenvalue weighted by molar-refractivity contribution is 5.50. The molecule has 0 aromatic heterocycles. The second-order valence-electron chi connectivity index (χ2n) is 5.42. The van der Waals surface area contributed by atoms with Gasteiger partial charge < -0.3 is 9.80 Å². The zero-order valence-corrected chi connectivity index (χ0v) is 11.9. The summed E-state index contributed by atoms with van der Waals surface area (Å²) in [7, 11) is 2.06. The number of hydrogen-bond acceptors (Lipinski definition) is 2. The molecule has 0 spiro atoms. The molecule has 1 fully saturated rings. The number of hydrogen-bond donors (Lipinski definition) is 0. The predicted octanol–water partition coefficient (Wildman–Crippen LogP) is 3.23. The second kappa shape index (κ2) is 5.87. The normalized spacial score (nSPS) is 18.7. The first-order valence-corrected chi connectivity index (χ1v) is 6.95. The highest BCUT2D eigenvalue weighted by Crippen LogP contribution is 2.29. The van der Waals surface area contributed by atoms with Gasteiger partial charge in [-0.2, -0.15) is 0 Å². The summed E-state index contributed by atoms with van der Waals surface area (Å²) in [5.74, 6) is -0.909. The van der Waals surface area contributed by atoms with Crippen molar-refractivity contribution in [1.29, 1.82) is 0 Å². The molecule has 19 heavy (non-hydrogen) atoms. The van der Waals surface area contributed by atoms with Gasteiger partial charge in [0, 0.05) is 37.4 Å². The molecule has 1 aliphatic heterocycles. The maximum Gasteiger partial charge on any atom is 0.131 e. The number of anilines is 1. The van der Waals surface area contributed by atoms with E-state index in [-0.39, 0.29) is 11.5 Å². The van der Waals surface area contributed by atoms with Gasteiger partial charge in [0.25, 0.3) is 0 Å². The maximum absolute atomic E-state index is 14.1. The fourth-order valence-electron chi connectivity index (χ4n) is 2.49. The van der Waals surface area contributed by atoms with Crippen LogP contribution in [0.1, 0.15) is 31.7 Å². The van der Waals surface area contributed by atoms with Crippen molar-refractivity contribution in [3.8, 4) is 0 Å². The molecule has 0 bridgehead atoms. The smallest absolute Gasteiger partial charge is 0.131 e. The first-order valence-electron chi connectivity index (χ1n) is 6.95. The number of benzene rings is 1. The monoisotopic (exact) mass is 268 g/mol. The van der Waals surface area contributed by atoms with Crippen LogP contribution >= 0.6 is 0 Å². The molecule has 0 radical (unpaired) electrons. The Kier molecular flexibility index (Phi) is 4.40. The zero-order valence-electron chi connectivity index (χ0n) is 11.9. The van der Waals surface area contributed by atoms with Gasteiger partial charge in [0.05, 0.1) is 0 Å². The Bertz CT molecular complexity index is 417. The lowest BCUT2D eigenvalue weighted by Crippen LogP contribution is -2.44. The van der Waals surface area contributed by atoms with Crippen LogP contribution in [-0.4, -0.2) is 38.1 Å². The van der Waals surface area contributed by atoms with Gasteiger partial charge in [-0.15, -0.1) is 0 Å². The van der Waals surface area contributed by atoms with E-state index in [0.29, 0.717) is 5.69 Å². The van der Waals surface area contributed by atoms with Crippen molar-refractivity contribution >= 4 is 5.69 Å². The van der Waals surface area contributed by atoms with Crippen molar-refractivity contribution in [3.63, 3.8) is 0 Å². The molecular weight excluding hydrogens is 246 g/mol. The molecule has 2 rings (SSSR count). The van der Waals surface area contributed by atoms with Crippen LogP contribution < -0.4 is 4.90 Å². The van der Waals surface area contributed by atoms with Gasteiger partial charge in [-0.3, -0.25) is 0 Å². The molecular formula is C15H22F2N2. The average Bonchev–Trinajstić information content (AvgIpc) is 2.38. The molecule has 0 aliphatic carbocycles. The molecule has 0 amide bonds. The van der Waals surface area contributed by atoms with Gasteiger partial charge in [0.1, 0.15) is 11.6 Å². The van der Waals surface area contributed by atoms with Crippen LogP contribution in [0.2, 0.25) is 0 Å². The van der Waals surface area contributed by atoms with E-state index in [0.717, 1.165) is 32.6 Å². The minimum atomic E-state index is -0.414. The van der Waals surface area contributed by atoms with Crippen molar-refractivity contribution in [2.24, 2.45) is 0 Å². The first kappa shape index (κ1) is 14.3. The third-order valence-corrected chi connectivity index (χ3v) is 4.04. The number of likely N-dealkylation sites (N-methyl/N-ethyl adjacent to an activating group) is 1. The van der Waals surface area contributed by atoms with Gasteiger partial charge in [0.2, 0.25) is 0 Å². The molecule has 2 nitrogen and oxygen atoms in total. The molecule has 4 heteroatoms. The molecule has 1 aromatic rings. The fraction of sp³-hybridized carbons (Fsp3) is 0.600. The Morgan fingerprint density at radius 1 is 1.11 bits per heavy atom. The Morgan fingerprint density at radius 3 is 2.11 bits per heavy atom. The van der Waals surface area contributed by atoms with Crippen LogP contribution in [0.4, 0.5) is 14.5 Å². The van der Waals surface area contributed by atoms with Crippen LogP contribution in [0.25, 0.3) is 0 Å². The fourth-order valence-corrected chi connectivity index (χ4v) is 2.49. The molecule has 1 aliphatic rings. The van der Waals surface area contributed by atoms with Crippen molar-refractivity contribution in [1.82, 2.24) is 4.90 Å². The summed E-state index contributed by atoms with van der Waals surface area (Å²) < 4.78 is 28.2. The highest BCUT2D eigenvalue weighted by Gasteiger charge is 2.20. The summed E-state index contributed by atoms with van der Waals surface area (Å²) in [5, 5.41) is 0. The minimum Gasteiger partial charge on any atom is -0.369 e. The van der Waals surface area contributed by atoms with Crippen molar-refractivity contribution < 1.29 is 8.78 Å². The van der Waals surface area contributed by atoms with E-state index in [2.05, 4.69) is 11.9 Å². The largest absolute Gasteiger partial charge is 0.369 e. The van der Waals surface area contributed by atoms with Crippen LogP contribution in [-0.2, 0) is 0 Å². The maximum atomic E-state index is 14.1. The third-order valence-electron chi connectivity index (χ3n) is 4.04. The van der Waals surface area contributed by atoms with Gasteiger partial charge in [-0.1, -0.05) is 13.8 Å². The second-order valence-corrected chi connectivity index (χ2v) is 5.42. The molecule has 106 valence electrons. The summed E-state index contributed by atoms with van der Waals surface area (Å²) in [6, 6.07) is 2.96. The number of halogens is 2. The molecule has 1 aromatic carbocycles. The molecule has 1 atom stereocenters. The Morgan fingerprint density at radius 2 is 1.63 bits per heavy atom. The molecule has 0 saturated carbocycles. The van der Waals surface area contributed by atoms with Gasteiger partial charge >= 0.3 is 0 Å². The van der Waals surface area contributed by atoms with Gasteiger partial charge in [0.15, 0.2) is 0 Å². The zero-order chi connectivity index (χ0) is 14.0. The average molecular weight is 268 g/mol. The van der Waals surface area contributed by atoms with E-state index in [1.54, 1.807) is 0 Å². The van der Waals surface area contributed by atoms with E-state index in [4.69, 9.17) is 0 Å². The molecule has 1 saturated heterocycles. The summed E-state index contributed by atoms with van der Waals surface area (Å²) in [6.45, 7) is 7.29. The van der Waals surface area contributed by atoms with Crippen LogP contribution in [0.3, 0.4) is 0 Å². The van der Waals surface area contributed by atoms with Crippen molar-refractivity contribution in [3.05, 3.63) is 29.3 Å². The van der Waals surface area contributed by atoms with Crippen LogP contribution in [0.15, 0.2) is 12.1 Å². The summed E-state index contributed by atoms with van der Waals surface area (Å²) in [6.07, 6.45) is 0.738. The highest BCUT2D eigenvalue weighted by atomic mass is 19.1. The Labute approximate surface area is 114 Å². The Balaban J connectivity index is 2.24. The standard InChI is InChI=1S/C15H22F2N2/c1-4-11(2)15-13(16)9-12(10-14(15)17)19-7-5-18(3)6-8-19/h9-11H,4-8H2,1-3H3. The lowest BCUT2D eigenvalue weighted by molar-refractivity contribution is 0.312.